The van der Waals surface area contributed by atoms with Gasteiger partial charge in [0.25, 0.3) is 0 Å². The number of aromatic hydroxyl groups is 1. The van der Waals surface area contributed by atoms with Gasteiger partial charge in [0.2, 0.25) is 10.0 Å². The number of carbonyl (C=O) groups is 1. The number of carboxylic acids is 1. The second-order valence-electron chi connectivity index (χ2n) is 3.43. The van der Waals surface area contributed by atoms with Crippen LogP contribution in [0.4, 0.5) is 5.69 Å². The molecule has 0 saturated heterocycles. The summed E-state index contributed by atoms with van der Waals surface area (Å²) in [6, 6.07) is 3.84. The molecule has 0 aliphatic carbocycles. The highest BCUT2D eigenvalue weighted by Crippen LogP contribution is 2.28. The molecule has 0 heterocycles. The molecular weight excluding hydrogens is 246 g/mol. The van der Waals surface area contributed by atoms with Gasteiger partial charge in [-0.25, -0.2) is 13.2 Å². The van der Waals surface area contributed by atoms with Crippen LogP contribution in [0.5, 0.6) is 5.75 Å². The van der Waals surface area contributed by atoms with E-state index in [2.05, 4.69) is 4.72 Å². The van der Waals surface area contributed by atoms with E-state index in [1.807, 2.05) is 0 Å². The molecular formula is C10H13NO5S. The summed E-state index contributed by atoms with van der Waals surface area (Å²) >= 11 is 0. The molecule has 0 aromatic heterocycles. The summed E-state index contributed by atoms with van der Waals surface area (Å²) in [5.41, 5.74) is -0.472. The molecule has 0 amide bonds. The molecule has 0 bridgehead atoms. The van der Waals surface area contributed by atoms with E-state index in [4.69, 9.17) is 5.11 Å². The van der Waals surface area contributed by atoms with E-state index >= 15 is 0 Å². The first-order valence-corrected chi connectivity index (χ1v) is 6.58. The predicted octanol–water partition coefficient (Wildman–Crippen LogP) is 1.24. The molecule has 0 aliphatic rings. The third kappa shape index (κ3) is 3.35. The molecule has 0 unspecified atom stereocenters. The third-order valence-corrected chi connectivity index (χ3v) is 3.48. The SMILES string of the molecule is CCCS(=O)(=O)Nc1cccc(C(=O)O)c1O. The fourth-order valence-corrected chi connectivity index (χ4v) is 2.43. The minimum Gasteiger partial charge on any atom is -0.505 e. The summed E-state index contributed by atoms with van der Waals surface area (Å²) < 4.78 is 25.1. The van der Waals surface area contributed by atoms with Crippen LogP contribution < -0.4 is 4.72 Å². The number of carboxylic acid groups (broad SMARTS) is 1. The van der Waals surface area contributed by atoms with Crippen LogP contribution in [0.2, 0.25) is 0 Å². The maximum absolute atomic E-state index is 11.5. The van der Waals surface area contributed by atoms with Crippen molar-refractivity contribution in [3.8, 4) is 5.75 Å². The Morgan fingerprint density at radius 1 is 1.41 bits per heavy atom. The van der Waals surface area contributed by atoms with E-state index in [1.54, 1.807) is 6.92 Å². The Morgan fingerprint density at radius 2 is 2.06 bits per heavy atom. The number of nitrogens with one attached hydrogen (secondary N) is 1. The van der Waals surface area contributed by atoms with Crippen molar-refractivity contribution in [1.29, 1.82) is 0 Å². The molecule has 6 nitrogen and oxygen atoms in total. The Hall–Kier alpha value is -1.76. The van der Waals surface area contributed by atoms with Gasteiger partial charge in [-0.15, -0.1) is 0 Å². The van der Waals surface area contributed by atoms with Gasteiger partial charge in [0.05, 0.1) is 11.4 Å². The van der Waals surface area contributed by atoms with Crippen molar-refractivity contribution >= 4 is 21.7 Å². The van der Waals surface area contributed by atoms with Crippen molar-refractivity contribution in [3.05, 3.63) is 23.8 Å². The summed E-state index contributed by atoms with van der Waals surface area (Å²) in [4.78, 5) is 10.7. The number of phenols is 1. The third-order valence-electron chi connectivity index (χ3n) is 2.00. The highest BCUT2D eigenvalue weighted by Gasteiger charge is 2.16. The van der Waals surface area contributed by atoms with Crippen LogP contribution in [-0.4, -0.2) is 30.4 Å². The average molecular weight is 259 g/mol. The maximum Gasteiger partial charge on any atom is 0.339 e. The summed E-state index contributed by atoms with van der Waals surface area (Å²) in [5.74, 6) is -2.00. The monoisotopic (exact) mass is 259 g/mol. The number of hydrogen-bond acceptors (Lipinski definition) is 4. The van der Waals surface area contributed by atoms with Gasteiger partial charge in [0, 0.05) is 0 Å². The van der Waals surface area contributed by atoms with Crippen LogP contribution >= 0.6 is 0 Å². The van der Waals surface area contributed by atoms with E-state index in [1.165, 1.54) is 18.2 Å². The van der Waals surface area contributed by atoms with Gasteiger partial charge in [0.15, 0.2) is 5.75 Å². The Balaban J connectivity index is 3.09. The Morgan fingerprint density at radius 3 is 2.59 bits per heavy atom. The highest BCUT2D eigenvalue weighted by atomic mass is 32.2. The van der Waals surface area contributed by atoms with Gasteiger partial charge < -0.3 is 10.2 Å². The van der Waals surface area contributed by atoms with E-state index in [-0.39, 0.29) is 17.0 Å². The minimum absolute atomic E-state index is 0.0935. The van der Waals surface area contributed by atoms with E-state index < -0.39 is 21.7 Å². The van der Waals surface area contributed by atoms with Gasteiger partial charge in [-0.3, -0.25) is 4.72 Å². The van der Waals surface area contributed by atoms with Crippen molar-refractivity contribution in [2.75, 3.05) is 10.5 Å². The Bertz CT molecular complexity index is 523. The van der Waals surface area contributed by atoms with Crippen molar-refractivity contribution in [1.82, 2.24) is 0 Å². The molecule has 0 spiro atoms. The van der Waals surface area contributed by atoms with Gasteiger partial charge in [-0.2, -0.15) is 0 Å². The Kier molecular flexibility index (Phi) is 3.95. The lowest BCUT2D eigenvalue weighted by atomic mass is 10.2. The lowest BCUT2D eigenvalue weighted by molar-refractivity contribution is 0.0694. The zero-order chi connectivity index (χ0) is 13.1. The van der Waals surface area contributed by atoms with E-state index in [0.717, 1.165) is 0 Å². The molecule has 1 aromatic carbocycles. The molecule has 0 aliphatic heterocycles. The number of hydrogen-bond donors (Lipinski definition) is 3. The smallest absolute Gasteiger partial charge is 0.339 e. The van der Waals surface area contributed by atoms with Crippen LogP contribution in [0.25, 0.3) is 0 Å². The number of aromatic carboxylic acids is 1. The molecule has 0 radical (unpaired) electrons. The van der Waals surface area contributed by atoms with Crippen LogP contribution in [0, 0.1) is 0 Å². The molecule has 17 heavy (non-hydrogen) atoms. The predicted molar refractivity (Wildman–Crippen MR) is 62.8 cm³/mol. The second kappa shape index (κ2) is 5.05. The number of para-hydroxylation sites is 1. The van der Waals surface area contributed by atoms with Gasteiger partial charge in [-0.1, -0.05) is 13.0 Å². The second-order valence-corrected chi connectivity index (χ2v) is 5.27. The lowest BCUT2D eigenvalue weighted by Crippen LogP contribution is -2.16. The van der Waals surface area contributed by atoms with E-state index in [9.17, 15) is 18.3 Å². The fourth-order valence-electron chi connectivity index (χ4n) is 1.29. The molecule has 1 rings (SSSR count). The number of benzene rings is 1. The number of anilines is 1. The zero-order valence-electron chi connectivity index (χ0n) is 9.17. The van der Waals surface area contributed by atoms with Crippen LogP contribution in [0.3, 0.4) is 0 Å². The number of sulfonamides is 1. The van der Waals surface area contributed by atoms with Crippen LogP contribution in [-0.2, 0) is 10.0 Å². The van der Waals surface area contributed by atoms with Crippen molar-refractivity contribution in [3.63, 3.8) is 0 Å². The van der Waals surface area contributed by atoms with Gasteiger partial charge in [0.1, 0.15) is 5.56 Å². The Labute approximate surface area is 99.0 Å². The first-order valence-electron chi connectivity index (χ1n) is 4.93. The molecule has 7 heteroatoms. The number of rotatable bonds is 5. The minimum atomic E-state index is -3.55. The summed E-state index contributed by atoms with van der Waals surface area (Å²) in [7, 11) is -3.55. The fraction of sp³-hybridized carbons (Fsp3) is 0.300. The average Bonchev–Trinajstić information content (AvgIpc) is 2.20. The van der Waals surface area contributed by atoms with Crippen molar-refractivity contribution in [2.45, 2.75) is 13.3 Å². The molecule has 0 atom stereocenters. The van der Waals surface area contributed by atoms with Crippen LogP contribution in [0.1, 0.15) is 23.7 Å². The first kappa shape index (κ1) is 13.3. The van der Waals surface area contributed by atoms with Gasteiger partial charge >= 0.3 is 5.97 Å². The van der Waals surface area contributed by atoms with Crippen LogP contribution in [0.15, 0.2) is 18.2 Å². The molecule has 3 N–H and O–H groups in total. The summed E-state index contributed by atoms with van der Waals surface area (Å²) in [6.45, 7) is 1.70. The van der Waals surface area contributed by atoms with Crippen molar-refractivity contribution in [2.24, 2.45) is 0 Å². The normalized spacial score (nSPS) is 11.1. The molecule has 0 fully saturated rings. The summed E-state index contributed by atoms with van der Waals surface area (Å²) in [6.07, 6.45) is 0.425. The molecule has 0 saturated carbocycles. The lowest BCUT2D eigenvalue weighted by Gasteiger charge is -2.10. The molecule has 1 aromatic rings. The molecule has 94 valence electrons. The van der Waals surface area contributed by atoms with E-state index in [0.29, 0.717) is 6.42 Å². The maximum atomic E-state index is 11.5. The summed E-state index contributed by atoms with van der Waals surface area (Å²) in [5, 5.41) is 18.3. The first-order chi connectivity index (χ1) is 7.87. The topological polar surface area (TPSA) is 104 Å². The zero-order valence-corrected chi connectivity index (χ0v) is 9.99. The quantitative estimate of drug-likeness (QED) is 0.690. The largest absolute Gasteiger partial charge is 0.505 e. The van der Waals surface area contributed by atoms with Crippen molar-refractivity contribution < 1.29 is 23.4 Å². The standard InChI is InChI=1S/C10H13NO5S/c1-2-6-17(15,16)11-8-5-3-4-7(9(8)12)10(13)14/h3-5,11-12H,2,6H2,1H3,(H,13,14). The van der Waals surface area contributed by atoms with Gasteiger partial charge in [-0.05, 0) is 18.6 Å². The highest BCUT2D eigenvalue weighted by molar-refractivity contribution is 7.92.